The molecule has 0 bridgehead atoms. The second-order valence-electron chi connectivity index (χ2n) is 16.3. The van der Waals surface area contributed by atoms with Gasteiger partial charge in [-0.05, 0) is 104 Å². The number of nitrogens with zero attached hydrogens (tertiary/aromatic N) is 2. The van der Waals surface area contributed by atoms with Crippen LogP contribution in [0.4, 0.5) is 0 Å². The van der Waals surface area contributed by atoms with Gasteiger partial charge in [0.25, 0.3) is 0 Å². The van der Waals surface area contributed by atoms with Crippen molar-refractivity contribution in [3.05, 3.63) is 258 Å². The maximum absolute atomic E-state index is 5.56. The van der Waals surface area contributed by atoms with Crippen LogP contribution in [0.2, 0.25) is 0 Å². The molecule has 0 fully saturated rings. The fourth-order valence-corrected chi connectivity index (χ4v) is 10.6. The molecule has 12 rings (SSSR count). The van der Waals surface area contributed by atoms with Crippen molar-refractivity contribution in [1.29, 1.82) is 0 Å². The molecule has 286 valence electrons. The lowest BCUT2D eigenvalue weighted by atomic mass is 9.70. The molecule has 1 heterocycles. The van der Waals surface area contributed by atoms with E-state index in [9.17, 15) is 0 Å². The third-order valence-electron chi connectivity index (χ3n) is 13.1. The first-order valence-electron chi connectivity index (χ1n) is 21.1. The number of para-hydroxylation sites is 2. The third-order valence-corrected chi connectivity index (χ3v) is 13.1. The first kappa shape index (κ1) is 35.2. The molecular weight excluding hydrogens is 737 g/mol. The summed E-state index contributed by atoms with van der Waals surface area (Å²) in [5.41, 5.74) is 19.1. The van der Waals surface area contributed by atoms with E-state index in [4.69, 9.17) is 11.6 Å². The van der Waals surface area contributed by atoms with Crippen LogP contribution in [-0.4, -0.2) is 10.3 Å². The van der Waals surface area contributed by atoms with Gasteiger partial charge in [-0.15, -0.1) is 0 Å². The molecular formula is C59H40N2. The van der Waals surface area contributed by atoms with Crippen molar-refractivity contribution in [2.24, 2.45) is 4.99 Å². The summed E-state index contributed by atoms with van der Waals surface area (Å²) in [5, 5.41) is 5.02. The first-order chi connectivity index (χ1) is 30.1. The van der Waals surface area contributed by atoms with Crippen LogP contribution in [0.15, 0.2) is 224 Å². The number of rotatable bonds is 6. The van der Waals surface area contributed by atoms with Crippen molar-refractivity contribution in [2.45, 2.75) is 12.3 Å². The molecule has 9 aromatic carbocycles. The van der Waals surface area contributed by atoms with Gasteiger partial charge in [-0.2, -0.15) is 0 Å². The van der Waals surface area contributed by atoms with E-state index in [2.05, 4.69) is 224 Å². The molecule has 0 amide bonds. The van der Waals surface area contributed by atoms with Crippen LogP contribution >= 0.6 is 0 Å². The molecule has 0 aliphatic heterocycles. The molecule has 2 aliphatic carbocycles. The van der Waals surface area contributed by atoms with Gasteiger partial charge in [0, 0.05) is 27.6 Å². The van der Waals surface area contributed by atoms with E-state index in [0.29, 0.717) is 0 Å². The second-order valence-corrected chi connectivity index (χ2v) is 16.3. The highest BCUT2D eigenvalue weighted by Gasteiger charge is 2.52. The molecule has 1 aromatic heterocycles. The van der Waals surface area contributed by atoms with Gasteiger partial charge in [-0.25, -0.2) is 4.99 Å². The first-order valence-corrected chi connectivity index (χ1v) is 21.1. The lowest BCUT2D eigenvalue weighted by Crippen LogP contribution is -2.25. The molecule has 1 atom stereocenters. The number of allylic oxidation sites excluding steroid dienone is 2. The van der Waals surface area contributed by atoms with Gasteiger partial charge in [0.2, 0.25) is 0 Å². The average molecular weight is 777 g/mol. The molecule has 2 nitrogen and oxygen atoms in total. The zero-order valence-electron chi connectivity index (χ0n) is 33.8. The Bertz CT molecular complexity index is 3450. The van der Waals surface area contributed by atoms with Gasteiger partial charge in [0.1, 0.15) is 0 Å². The van der Waals surface area contributed by atoms with E-state index in [1.54, 1.807) is 0 Å². The predicted octanol–water partition coefficient (Wildman–Crippen LogP) is 14.8. The standard InChI is InChI=1S/C59H40N2/c1-38(40-18-4-3-5-19-40)36-54(42-21-16-22-43(37-42)61-55-32-14-10-24-46(55)47-25-11-15-33-56(47)61)60-39(2)44-28-17-31-52-57(44)48-26-8-12-29-50(48)59(52)51-30-13-9-27-49(51)58-45-23-7-6-20-41(45)34-35-53(58)59/h3-37H,2H2,1H3/b38-36+,60-54?. The lowest BCUT2D eigenvalue weighted by Gasteiger charge is -2.30. The zero-order valence-corrected chi connectivity index (χ0v) is 33.8. The van der Waals surface area contributed by atoms with Gasteiger partial charge in [-0.1, -0.05) is 189 Å². The minimum absolute atomic E-state index is 0.481. The van der Waals surface area contributed by atoms with Crippen LogP contribution in [0.25, 0.3) is 71.8 Å². The summed E-state index contributed by atoms with van der Waals surface area (Å²) in [6, 6.07) is 75.0. The summed E-state index contributed by atoms with van der Waals surface area (Å²) >= 11 is 0. The lowest BCUT2D eigenvalue weighted by molar-refractivity contribution is 0.794. The summed E-state index contributed by atoms with van der Waals surface area (Å²) in [6.45, 7) is 6.97. The molecule has 0 N–H and O–H groups in total. The predicted molar refractivity (Wildman–Crippen MR) is 257 cm³/mol. The largest absolute Gasteiger partial charge is 0.309 e. The molecule has 0 radical (unpaired) electrons. The van der Waals surface area contributed by atoms with Gasteiger partial charge >= 0.3 is 0 Å². The molecule has 2 aliphatic rings. The molecule has 10 aromatic rings. The molecule has 0 saturated carbocycles. The molecule has 61 heavy (non-hydrogen) atoms. The van der Waals surface area contributed by atoms with Gasteiger partial charge in [0.05, 0.1) is 27.9 Å². The average Bonchev–Trinajstić information content (AvgIpc) is 3.94. The number of aromatic nitrogens is 1. The van der Waals surface area contributed by atoms with Crippen molar-refractivity contribution < 1.29 is 0 Å². The Labute approximate surface area is 355 Å². The van der Waals surface area contributed by atoms with Crippen LogP contribution in [0, 0.1) is 0 Å². The van der Waals surface area contributed by atoms with E-state index < -0.39 is 5.41 Å². The monoisotopic (exact) mass is 776 g/mol. The quantitative estimate of drug-likeness (QED) is 0.150. The summed E-state index contributed by atoms with van der Waals surface area (Å²) in [6.07, 6.45) is 2.22. The second kappa shape index (κ2) is 13.6. The maximum Gasteiger partial charge on any atom is 0.0725 e. The maximum atomic E-state index is 5.56. The van der Waals surface area contributed by atoms with Crippen LogP contribution in [-0.2, 0) is 5.41 Å². The summed E-state index contributed by atoms with van der Waals surface area (Å²) in [7, 11) is 0. The number of fused-ring (bicyclic) bond motifs is 15. The Morgan fingerprint density at radius 3 is 1.79 bits per heavy atom. The number of aliphatic imine (C=N–C) groups is 1. The molecule has 0 saturated heterocycles. The fourth-order valence-electron chi connectivity index (χ4n) is 10.6. The Kier molecular flexibility index (Phi) is 7.85. The smallest absolute Gasteiger partial charge is 0.0725 e. The highest BCUT2D eigenvalue weighted by Crippen LogP contribution is 2.64. The summed E-state index contributed by atoms with van der Waals surface area (Å²) in [5.74, 6) is 0. The van der Waals surface area contributed by atoms with Crippen molar-refractivity contribution >= 4 is 49.6 Å². The Morgan fingerprint density at radius 2 is 1.05 bits per heavy atom. The number of hydrogen-bond acceptors (Lipinski definition) is 1. The Hall–Kier alpha value is -7.81. The Balaban J connectivity index is 1.07. The highest BCUT2D eigenvalue weighted by molar-refractivity contribution is 6.15. The topological polar surface area (TPSA) is 17.3 Å². The minimum atomic E-state index is -0.481. The van der Waals surface area contributed by atoms with Crippen LogP contribution < -0.4 is 0 Å². The number of hydrogen-bond donors (Lipinski definition) is 0. The minimum Gasteiger partial charge on any atom is -0.309 e. The van der Waals surface area contributed by atoms with E-state index in [-0.39, 0.29) is 0 Å². The SMILES string of the molecule is C=C(N=C(/C=C(\C)c1ccccc1)c1cccc(-n2c3ccccc3c3ccccc32)c1)c1cccc2c1-c1ccccc1C21c2ccccc2-c2c1ccc1ccccc21. The van der Waals surface area contributed by atoms with Crippen molar-refractivity contribution in [3.8, 4) is 27.9 Å². The van der Waals surface area contributed by atoms with Gasteiger partial charge in [0.15, 0.2) is 0 Å². The van der Waals surface area contributed by atoms with E-state index >= 15 is 0 Å². The summed E-state index contributed by atoms with van der Waals surface area (Å²) < 4.78 is 2.37. The van der Waals surface area contributed by atoms with Crippen molar-refractivity contribution in [2.75, 3.05) is 0 Å². The molecule has 1 spiro atoms. The Morgan fingerprint density at radius 1 is 0.492 bits per heavy atom. The van der Waals surface area contributed by atoms with Crippen molar-refractivity contribution in [1.82, 2.24) is 4.57 Å². The summed E-state index contributed by atoms with van der Waals surface area (Å²) in [4.78, 5) is 5.56. The number of benzene rings is 9. The highest BCUT2D eigenvalue weighted by atomic mass is 15.0. The normalized spacial score (nSPS) is 15.3. The van der Waals surface area contributed by atoms with Crippen LogP contribution in [0.5, 0.6) is 0 Å². The van der Waals surface area contributed by atoms with Crippen LogP contribution in [0.1, 0.15) is 45.9 Å². The zero-order chi connectivity index (χ0) is 40.7. The fraction of sp³-hybridized carbons (Fsp3) is 0.0339. The molecule has 1 unspecified atom stereocenters. The van der Waals surface area contributed by atoms with Crippen LogP contribution in [0.3, 0.4) is 0 Å². The van der Waals surface area contributed by atoms with Gasteiger partial charge < -0.3 is 4.57 Å². The third kappa shape index (κ3) is 5.12. The molecule has 2 heteroatoms. The van der Waals surface area contributed by atoms with E-state index in [0.717, 1.165) is 39.4 Å². The van der Waals surface area contributed by atoms with Gasteiger partial charge in [-0.3, -0.25) is 0 Å². The van der Waals surface area contributed by atoms with E-state index in [1.807, 2.05) is 0 Å². The van der Waals surface area contributed by atoms with Crippen molar-refractivity contribution in [3.63, 3.8) is 0 Å². The van der Waals surface area contributed by atoms with E-state index in [1.165, 1.54) is 77.1 Å².